The van der Waals surface area contributed by atoms with Gasteiger partial charge in [-0.1, -0.05) is 6.07 Å². The highest BCUT2D eigenvalue weighted by molar-refractivity contribution is 5.49. The number of aliphatic hydroxyl groups excluding tert-OH is 1. The maximum absolute atomic E-state index is 9.41. The molecule has 0 aliphatic carbocycles. The average molecular weight is 285 g/mol. The highest BCUT2D eigenvalue weighted by Gasteiger charge is 2.25. The molecule has 21 heavy (non-hydrogen) atoms. The van der Waals surface area contributed by atoms with Gasteiger partial charge >= 0.3 is 0 Å². The molecular formula is C15H19N5O. The third-order valence-electron chi connectivity index (χ3n) is 3.71. The summed E-state index contributed by atoms with van der Waals surface area (Å²) in [4.78, 5) is 15.0. The van der Waals surface area contributed by atoms with Crippen molar-refractivity contribution in [2.45, 2.75) is 25.4 Å². The van der Waals surface area contributed by atoms with Crippen molar-refractivity contribution >= 4 is 11.6 Å². The second kappa shape index (κ2) is 6.49. The Labute approximate surface area is 123 Å². The van der Waals surface area contributed by atoms with Crippen molar-refractivity contribution in [2.75, 3.05) is 23.4 Å². The zero-order valence-electron chi connectivity index (χ0n) is 11.8. The minimum Gasteiger partial charge on any atom is -0.394 e. The lowest BCUT2D eigenvalue weighted by atomic mass is 10.2. The topological polar surface area (TPSA) is 74.2 Å². The van der Waals surface area contributed by atoms with E-state index in [1.807, 2.05) is 24.3 Å². The monoisotopic (exact) mass is 285 g/mol. The van der Waals surface area contributed by atoms with Crippen LogP contribution in [0.25, 0.3) is 0 Å². The predicted molar refractivity (Wildman–Crippen MR) is 81.0 cm³/mol. The molecule has 2 aromatic heterocycles. The van der Waals surface area contributed by atoms with Gasteiger partial charge < -0.3 is 15.3 Å². The van der Waals surface area contributed by atoms with Gasteiger partial charge in [-0.05, 0) is 25.0 Å². The lowest BCUT2D eigenvalue weighted by molar-refractivity contribution is 0.266. The summed E-state index contributed by atoms with van der Waals surface area (Å²) in [6.07, 6.45) is 5.43. The van der Waals surface area contributed by atoms with Crippen LogP contribution < -0.4 is 10.2 Å². The van der Waals surface area contributed by atoms with Gasteiger partial charge in [-0.3, -0.25) is 4.98 Å². The fourth-order valence-corrected chi connectivity index (χ4v) is 2.61. The second-order valence-electron chi connectivity index (χ2n) is 5.11. The highest BCUT2D eigenvalue weighted by atomic mass is 16.3. The van der Waals surface area contributed by atoms with E-state index < -0.39 is 0 Å². The first-order valence-corrected chi connectivity index (χ1v) is 7.20. The largest absolute Gasteiger partial charge is 0.394 e. The number of nitrogens with zero attached hydrogens (tertiary/aromatic N) is 4. The maximum atomic E-state index is 9.41. The van der Waals surface area contributed by atoms with Crippen LogP contribution in [0.3, 0.4) is 0 Å². The average Bonchev–Trinajstić information content (AvgIpc) is 3.03. The summed E-state index contributed by atoms with van der Waals surface area (Å²) < 4.78 is 0. The Morgan fingerprint density at radius 3 is 3.05 bits per heavy atom. The molecule has 0 bridgehead atoms. The van der Waals surface area contributed by atoms with Gasteiger partial charge in [0.2, 0.25) is 0 Å². The Morgan fingerprint density at radius 2 is 2.24 bits per heavy atom. The summed E-state index contributed by atoms with van der Waals surface area (Å²) in [6.45, 7) is 1.73. The summed E-state index contributed by atoms with van der Waals surface area (Å²) in [5.41, 5.74) is 0.965. The predicted octanol–water partition coefficient (Wildman–Crippen LogP) is 1.44. The quantitative estimate of drug-likeness (QED) is 0.866. The summed E-state index contributed by atoms with van der Waals surface area (Å²) in [7, 11) is 0. The van der Waals surface area contributed by atoms with Crippen molar-refractivity contribution in [1.82, 2.24) is 15.0 Å². The SMILES string of the molecule is OC[C@@H]1CCCN1c1cc(NCc2ccccn2)ncn1. The molecule has 6 heteroatoms. The fraction of sp³-hybridized carbons (Fsp3) is 0.400. The number of aromatic nitrogens is 3. The number of hydrogen-bond acceptors (Lipinski definition) is 6. The van der Waals surface area contributed by atoms with E-state index in [1.54, 1.807) is 12.5 Å². The molecule has 0 amide bonds. The normalized spacial score (nSPS) is 18.0. The van der Waals surface area contributed by atoms with Gasteiger partial charge in [0.15, 0.2) is 0 Å². The van der Waals surface area contributed by atoms with E-state index in [2.05, 4.69) is 25.2 Å². The van der Waals surface area contributed by atoms with Crippen molar-refractivity contribution < 1.29 is 5.11 Å². The molecule has 2 N–H and O–H groups in total. The first-order valence-electron chi connectivity index (χ1n) is 7.20. The van der Waals surface area contributed by atoms with Gasteiger partial charge in [-0.25, -0.2) is 9.97 Å². The van der Waals surface area contributed by atoms with Crippen molar-refractivity contribution in [3.63, 3.8) is 0 Å². The van der Waals surface area contributed by atoms with E-state index in [-0.39, 0.29) is 12.6 Å². The van der Waals surface area contributed by atoms with Crippen LogP contribution in [0.1, 0.15) is 18.5 Å². The van der Waals surface area contributed by atoms with Gasteiger partial charge in [0.05, 0.1) is 24.9 Å². The lowest BCUT2D eigenvalue weighted by Crippen LogP contribution is -2.32. The van der Waals surface area contributed by atoms with Crippen molar-refractivity contribution in [3.8, 4) is 0 Å². The number of nitrogens with one attached hydrogen (secondary N) is 1. The molecule has 1 aliphatic rings. The highest BCUT2D eigenvalue weighted by Crippen LogP contribution is 2.24. The van der Waals surface area contributed by atoms with Crippen LogP contribution in [0.4, 0.5) is 11.6 Å². The standard InChI is InChI=1S/C15H19N5O/c21-10-13-5-3-7-20(13)15-8-14(18-11-19-15)17-9-12-4-1-2-6-16-12/h1-2,4,6,8,11,13,21H,3,5,7,9-10H2,(H,17,18,19)/t13-/m0/s1. The molecule has 0 aromatic carbocycles. The van der Waals surface area contributed by atoms with E-state index in [0.717, 1.165) is 36.7 Å². The second-order valence-corrected chi connectivity index (χ2v) is 5.11. The smallest absolute Gasteiger partial charge is 0.134 e. The molecule has 6 nitrogen and oxygen atoms in total. The Bertz CT molecular complexity index is 577. The van der Waals surface area contributed by atoms with Crippen molar-refractivity contribution in [3.05, 3.63) is 42.5 Å². The van der Waals surface area contributed by atoms with Crippen LogP contribution in [-0.4, -0.2) is 39.3 Å². The van der Waals surface area contributed by atoms with Gasteiger partial charge in [0.25, 0.3) is 0 Å². The Kier molecular flexibility index (Phi) is 4.25. The van der Waals surface area contributed by atoms with Crippen LogP contribution in [0.5, 0.6) is 0 Å². The van der Waals surface area contributed by atoms with Gasteiger partial charge in [0, 0.05) is 18.8 Å². The number of hydrogen-bond donors (Lipinski definition) is 2. The molecule has 2 aromatic rings. The Balaban J connectivity index is 1.68. The van der Waals surface area contributed by atoms with Crippen LogP contribution in [0, 0.1) is 0 Å². The van der Waals surface area contributed by atoms with Gasteiger partial charge in [-0.15, -0.1) is 0 Å². The molecule has 110 valence electrons. The molecular weight excluding hydrogens is 266 g/mol. The van der Waals surface area contributed by atoms with Gasteiger partial charge in [0.1, 0.15) is 18.0 Å². The molecule has 1 aliphatic heterocycles. The molecule has 1 saturated heterocycles. The molecule has 0 unspecified atom stereocenters. The minimum atomic E-state index is 0.167. The summed E-state index contributed by atoms with van der Waals surface area (Å²) in [6, 6.07) is 7.93. The number of pyridine rings is 1. The summed E-state index contributed by atoms with van der Waals surface area (Å²) in [5.74, 6) is 1.64. The van der Waals surface area contributed by atoms with Crippen LogP contribution >= 0.6 is 0 Å². The fourth-order valence-electron chi connectivity index (χ4n) is 2.61. The third-order valence-corrected chi connectivity index (χ3v) is 3.71. The maximum Gasteiger partial charge on any atom is 0.134 e. The number of anilines is 2. The van der Waals surface area contributed by atoms with Crippen molar-refractivity contribution in [1.29, 1.82) is 0 Å². The zero-order valence-corrected chi connectivity index (χ0v) is 11.8. The number of aliphatic hydroxyl groups is 1. The van der Waals surface area contributed by atoms with E-state index in [0.29, 0.717) is 6.54 Å². The summed E-state index contributed by atoms with van der Waals surface area (Å²) in [5, 5.41) is 12.7. The van der Waals surface area contributed by atoms with Crippen LogP contribution in [0.15, 0.2) is 36.8 Å². The summed E-state index contributed by atoms with van der Waals surface area (Å²) >= 11 is 0. The molecule has 0 radical (unpaired) electrons. The Hall–Kier alpha value is -2.21. The van der Waals surface area contributed by atoms with Gasteiger partial charge in [-0.2, -0.15) is 0 Å². The first-order chi connectivity index (χ1) is 10.4. The molecule has 0 saturated carbocycles. The van der Waals surface area contributed by atoms with E-state index >= 15 is 0 Å². The molecule has 3 heterocycles. The molecule has 1 atom stereocenters. The first kappa shape index (κ1) is 13.8. The van der Waals surface area contributed by atoms with E-state index in [9.17, 15) is 5.11 Å². The molecule has 1 fully saturated rings. The Morgan fingerprint density at radius 1 is 1.29 bits per heavy atom. The third kappa shape index (κ3) is 3.28. The molecule has 0 spiro atoms. The van der Waals surface area contributed by atoms with Crippen molar-refractivity contribution in [2.24, 2.45) is 0 Å². The van der Waals surface area contributed by atoms with Crippen LogP contribution in [-0.2, 0) is 6.54 Å². The number of rotatable bonds is 5. The molecule has 3 rings (SSSR count). The van der Waals surface area contributed by atoms with E-state index in [1.165, 1.54) is 0 Å². The lowest BCUT2D eigenvalue weighted by Gasteiger charge is -2.24. The van der Waals surface area contributed by atoms with Crippen LogP contribution in [0.2, 0.25) is 0 Å². The zero-order chi connectivity index (χ0) is 14.5. The van der Waals surface area contributed by atoms with E-state index in [4.69, 9.17) is 0 Å². The minimum absolute atomic E-state index is 0.167.